The first-order chi connectivity index (χ1) is 7.53. The molecule has 2 nitrogen and oxygen atoms in total. The second-order valence-corrected chi connectivity index (χ2v) is 5.40. The first-order valence-corrected chi connectivity index (χ1v) is 7.48. The molecule has 0 saturated heterocycles. The van der Waals surface area contributed by atoms with Crippen LogP contribution in [0.2, 0.25) is 0 Å². The fraction of sp³-hybridized carbons (Fsp3) is 0.923. The number of amides is 1. The van der Waals surface area contributed by atoms with Crippen LogP contribution in [0.4, 0.5) is 0 Å². The van der Waals surface area contributed by atoms with E-state index in [1.165, 1.54) is 0 Å². The van der Waals surface area contributed by atoms with Crippen molar-refractivity contribution in [3.8, 4) is 0 Å². The third kappa shape index (κ3) is 5.33. The van der Waals surface area contributed by atoms with E-state index in [1.807, 2.05) is 0 Å². The van der Waals surface area contributed by atoms with Gasteiger partial charge in [-0.25, -0.2) is 0 Å². The van der Waals surface area contributed by atoms with Crippen molar-refractivity contribution < 1.29 is 4.79 Å². The van der Waals surface area contributed by atoms with Gasteiger partial charge in [-0.1, -0.05) is 50.0 Å². The molecule has 3 heteroatoms. The smallest absolute Gasteiger partial charge is 0.220 e. The van der Waals surface area contributed by atoms with Gasteiger partial charge in [0.1, 0.15) is 0 Å². The minimum atomic E-state index is 0.196. The third-order valence-corrected chi connectivity index (χ3v) is 4.86. The highest BCUT2D eigenvalue weighted by Crippen LogP contribution is 2.27. The van der Waals surface area contributed by atoms with Crippen LogP contribution in [0.5, 0.6) is 0 Å². The van der Waals surface area contributed by atoms with Crippen LogP contribution < -0.4 is 5.32 Å². The van der Waals surface area contributed by atoms with Gasteiger partial charge in [0.05, 0.1) is 0 Å². The summed E-state index contributed by atoms with van der Waals surface area (Å²) in [6, 6.07) is 0. The first kappa shape index (κ1) is 16.0. The molecule has 0 radical (unpaired) electrons. The fourth-order valence-electron chi connectivity index (χ4n) is 1.56. The van der Waals surface area contributed by atoms with Crippen LogP contribution in [0, 0.1) is 11.3 Å². The molecule has 0 heterocycles. The highest BCUT2D eigenvalue weighted by Gasteiger charge is 2.25. The average molecular weight is 292 g/mol. The Morgan fingerprint density at radius 1 is 1.31 bits per heavy atom. The summed E-state index contributed by atoms with van der Waals surface area (Å²) >= 11 is 3.56. The molecule has 0 aromatic carbocycles. The Labute approximate surface area is 109 Å². The number of alkyl halides is 1. The standard InChI is InChI=1S/C13H26BrNO/c1-5-11(4)8-12(16)15-10-13(6-2,7-3)9-14/h11H,5-10H2,1-4H3,(H,15,16). The molecule has 0 aliphatic carbocycles. The third-order valence-electron chi connectivity index (χ3n) is 3.67. The van der Waals surface area contributed by atoms with Gasteiger partial charge in [-0.2, -0.15) is 0 Å². The van der Waals surface area contributed by atoms with Crippen molar-refractivity contribution in [3.05, 3.63) is 0 Å². The molecule has 0 aromatic rings. The topological polar surface area (TPSA) is 29.1 Å². The molecule has 1 atom stereocenters. The van der Waals surface area contributed by atoms with Gasteiger partial charge in [0.15, 0.2) is 0 Å². The van der Waals surface area contributed by atoms with Gasteiger partial charge in [-0.3, -0.25) is 4.79 Å². The maximum Gasteiger partial charge on any atom is 0.220 e. The first-order valence-electron chi connectivity index (χ1n) is 6.36. The highest BCUT2D eigenvalue weighted by molar-refractivity contribution is 9.09. The molecule has 1 unspecified atom stereocenters. The Bertz CT molecular complexity index is 194. The summed E-state index contributed by atoms with van der Waals surface area (Å²) in [6.45, 7) is 9.41. The van der Waals surface area contributed by atoms with E-state index < -0.39 is 0 Å². The SMILES string of the molecule is CCC(C)CC(=O)NCC(CC)(CC)CBr. The molecule has 0 bridgehead atoms. The summed E-state index contributed by atoms with van der Waals surface area (Å²) in [7, 11) is 0. The number of hydrogen-bond donors (Lipinski definition) is 1. The highest BCUT2D eigenvalue weighted by atomic mass is 79.9. The Balaban J connectivity index is 4.06. The van der Waals surface area contributed by atoms with Crippen molar-refractivity contribution in [1.82, 2.24) is 5.32 Å². The van der Waals surface area contributed by atoms with Crippen molar-refractivity contribution in [3.63, 3.8) is 0 Å². The lowest BCUT2D eigenvalue weighted by Crippen LogP contribution is -2.38. The van der Waals surface area contributed by atoms with Gasteiger partial charge in [0.25, 0.3) is 0 Å². The number of nitrogens with one attached hydrogen (secondary N) is 1. The predicted octanol–water partition coefficient (Wildman–Crippen LogP) is 3.74. The van der Waals surface area contributed by atoms with Gasteiger partial charge in [-0.15, -0.1) is 0 Å². The molecule has 0 fully saturated rings. The van der Waals surface area contributed by atoms with Gasteiger partial charge < -0.3 is 5.32 Å². The molecular weight excluding hydrogens is 266 g/mol. The van der Waals surface area contributed by atoms with E-state index in [9.17, 15) is 4.79 Å². The lowest BCUT2D eigenvalue weighted by Gasteiger charge is -2.29. The van der Waals surface area contributed by atoms with Crippen LogP contribution in [0.1, 0.15) is 53.4 Å². The summed E-state index contributed by atoms with van der Waals surface area (Å²) < 4.78 is 0. The van der Waals surface area contributed by atoms with Crippen LogP contribution >= 0.6 is 15.9 Å². The Kier molecular flexibility index (Phi) is 8.08. The summed E-state index contributed by atoms with van der Waals surface area (Å²) in [5, 5.41) is 4.03. The van der Waals surface area contributed by atoms with Crippen molar-refractivity contribution in [2.75, 3.05) is 11.9 Å². The van der Waals surface area contributed by atoms with Gasteiger partial charge in [0, 0.05) is 18.3 Å². The van der Waals surface area contributed by atoms with Crippen molar-refractivity contribution in [1.29, 1.82) is 0 Å². The summed E-state index contributed by atoms with van der Waals surface area (Å²) in [4.78, 5) is 11.7. The molecule has 0 aromatic heterocycles. The largest absolute Gasteiger partial charge is 0.356 e. The molecule has 16 heavy (non-hydrogen) atoms. The lowest BCUT2D eigenvalue weighted by atomic mass is 9.84. The monoisotopic (exact) mass is 291 g/mol. The molecular formula is C13H26BrNO. The van der Waals surface area contributed by atoms with Crippen molar-refractivity contribution in [2.45, 2.75) is 53.4 Å². The zero-order valence-electron chi connectivity index (χ0n) is 11.1. The Hall–Kier alpha value is -0.0500. The quantitative estimate of drug-likeness (QED) is 0.678. The average Bonchev–Trinajstić information content (AvgIpc) is 2.31. The molecule has 1 amide bonds. The zero-order valence-corrected chi connectivity index (χ0v) is 12.7. The van der Waals surface area contributed by atoms with E-state index >= 15 is 0 Å². The molecule has 0 saturated carbocycles. The Morgan fingerprint density at radius 2 is 1.88 bits per heavy atom. The molecule has 0 rings (SSSR count). The van der Waals surface area contributed by atoms with Crippen LogP contribution in [0.15, 0.2) is 0 Å². The number of carbonyl (C=O) groups excluding carboxylic acids is 1. The van der Waals surface area contributed by atoms with Crippen LogP contribution in [0.25, 0.3) is 0 Å². The molecule has 0 spiro atoms. The molecule has 96 valence electrons. The number of halogens is 1. The van der Waals surface area contributed by atoms with Gasteiger partial charge in [-0.05, 0) is 24.2 Å². The predicted molar refractivity (Wildman–Crippen MR) is 73.9 cm³/mol. The minimum absolute atomic E-state index is 0.196. The molecule has 0 aliphatic heterocycles. The summed E-state index contributed by atoms with van der Waals surface area (Å²) in [5.74, 6) is 0.684. The Morgan fingerprint density at radius 3 is 2.25 bits per heavy atom. The normalized spacial score (nSPS) is 13.6. The van der Waals surface area contributed by atoms with Crippen molar-refractivity contribution in [2.24, 2.45) is 11.3 Å². The summed E-state index contributed by atoms with van der Waals surface area (Å²) in [6.07, 6.45) is 3.91. The van der Waals surface area contributed by atoms with Gasteiger partial charge >= 0.3 is 0 Å². The molecule has 1 N–H and O–H groups in total. The number of hydrogen-bond acceptors (Lipinski definition) is 1. The fourth-order valence-corrected chi connectivity index (χ4v) is 2.55. The van der Waals surface area contributed by atoms with Gasteiger partial charge in [0.2, 0.25) is 5.91 Å². The number of carbonyl (C=O) groups is 1. The second-order valence-electron chi connectivity index (χ2n) is 4.84. The van der Waals surface area contributed by atoms with E-state index in [1.54, 1.807) is 0 Å². The van der Waals surface area contributed by atoms with Crippen LogP contribution in [-0.4, -0.2) is 17.8 Å². The number of rotatable bonds is 8. The maximum atomic E-state index is 11.7. The van der Waals surface area contributed by atoms with Crippen LogP contribution in [-0.2, 0) is 4.79 Å². The zero-order chi connectivity index (χ0) is 12.6. The molecule has 0 aliphatic rings. The van der Waals surface area contributed by atoms with Crippen LogP contribution in [0.3, 0.4) is 0 Å². The van der Waals surface area contributed by atoms with Crippen molar-refractivity contribution >= 4 is 21.8 Å². The summed E-state index contributed by atoms with van der Waals surface area (Å²) in [5.41, 5.74) is 0.227. The lowest BCUT2D eigenvalue weighted by molar-refractivity contribution is -0.122. The van der Waals surface area contributed by atoms with E-state index in [2.05, 4.69) is 48.9 Å². The maximum absolute atomic E-state index is 11.7. The minimum Gasteiger partial charge on any atom is -0.356 e. The second kappa shape index (κ2) is 8.10. The van der Waals surface area contributed by atoms with E-state index in [0.717, 1.165) is 31.1 Å². The van der Waals surface area contributed by atoms with E-state index in [-0.39, 0.29) is 11.3 Å². The van der Waals surface area contributed by atoms with E-state index in [0.29, 0.717) is 12.3 Å². The van der Waals surface area contributed by atoms with E-state index in [4.69, 9.17) is 0 Å².